The highest BCUT2D eigenvalue weighted by atomic mass is 32.2. The zero-order valence-electron chi connectivity index (χ0n) is 6.92. The maximum Gasteiger partial charge on any atom is -0.00271 e. The van der Waals surface area contributed by atoms with Crippen LogP contribution in [0.25, 0.3) is 0 Å². The van der Waals surface area contributed by atoms with Crippen molar-refractivity contribution in [1.29, 1.82) is 0 Å². The van der Waals surface area contributed by atoms with Crippen molar-refractivity contribution in [2.24, 2.45) is 0 Å². The lowest BCUT2D eigenvalue weighted by Gasteiger charge is -1.98. The van der Waals surface area contributed by atoms with Gasteiger partial charge in [-0.05, 0) is 23.5 Å². The topological polar surface area (TPSA) is 0 Å². The van der Waals surface area contributed by atoms with Crippen LogP contribution in [0.1, 0.15) is 12.5 Å². The molecule has 0 saturated heterocycles. The van der Waals surface area contributed by atoms with Crippen molar-refractivity contribution < 1.29 is 0 Å². The first-order valence-corrected chi connectivity index (χ1v) is 5.20. The largest absolute Gasteiger partial charge is 0.162 e. The Hall–Kier alpha value is -0.430. The predicted molar refractivity (Wildman–Crippen MR) is 53.1 cm³/mol. The van der Waals surface area contributed by atoms with Gasteiger partial charge in [-0.1, -0.05) is 37.3 Å². The Morgan fingerprint density at radius 1 is 1.18 bits per heavy atom. The average molecular weight is 166 g/mol. The number of benzene rings is 1. The minimum atomic E-state index is 1.21. The Morgan fingerprint density at radius 3 is 2.55 bits per heavy atom. The molecule has 0 amide bonds. The summed E-state index contributed by atoms with van der Waals surface area (Å²) in [6, 6.07) is 10.7. The van der Waals surface area contributed by atoms with Crippen LogP contribution in [0.5, 0.6) is 0 Å². The predicted octanol–water partition coefficient (Wildman–Crippen LogP) is 2.98. The van der Waals surface area contributed by atoms with Gasteiger partial charge in [-0.25, -0.2) is 0 Å². The van der Waals surface area contributed by atoms with E-state index in [-0.39, 0.29) is 0 Å². The van der Waals surface area contributed by atoms with Crippen molar-refractivity contribution in [2.75, 3.05) is 11.5 Å². The zero-order chi connectivity index (χ0) is 7.94. The summed E-state index contributed by atoms with van der Waals surface area (Å²) < 4.78 is 0. The summed E-state index contributed by atoms with van der Waals surface area (Å²) in [5.41, 5.74) is 1.45. The minimum Gasteiger partial charge on any atom is -0.162 e. The van der Waals surface area contributed by atoms with Gasteiger partial charge in [-0.3, -0.25) is 0 Å². The van der Waals surface area contributed by atoms with E-state index in [2.05, 4.69) is 37.3 Å². The number of hydrogen-bond donors (Lipinski definition) is 0. The second-order valence-electron chi connectivity index (χ2n) is 2.43. The van der Waals surface area contributed by atoms with Gasteiger partial charge in [-0.15, -0.1) is 0 Å². The van der Waals surface area contributed by atoms with Gasteiger partial charge < -0.3 is 0 Å². The van der Waals surface area contributed by atoms with Crippen molar-refractivity contribution in [3.8, 4) is 0 Å². The van der Waals surface area contributed by atoms with Crippen LogP contribution in [0.15, 0.2) is 30.3 Å². The van der Waals surface area contributed by atoms with Gasteiger partial charge in [0, 0.05) is 0 Å². The van der Waals surface area contributed by atoms with Crippen LogP contribution in [0, 0.1) is 0 Å². The summed E-state index contributed by atoms with van der Waals surface area (Å²) in [5.74, 6) is 2.48. The third-order valence-corrected chi connectivity index (χ3v) is 2.48. The highest BCUT2D eigenvalue weighted by Crippen LogP contribution is 2.05. The molecule has 0 unspecified atom stereocenters. The van der Waals surface area contributed by atoms with Crippen LogP contribution in [0.4, 0.5) is 0 Å². The standard InChI is InChI=1S/C10H14S/c1-2-11-9-8-10-6-4-3-5-7-10/h3-7H,2,8-9H2,1H3. The molecule has 1 aromatic carbocycles. The molecule has 0 radical (unpaired) electrons. The third-order valence-electron chi connectivity index (χ3n) is 1.58. The first-order valence-electron chi connectivity index (χ1n) is 4.05. The van der Waals surface area contributed by atoms with E-state index in [4.69, 9.17) is 0 Å². The molecule has 0 aliphatic rings. The van der Waals surface area contributed by atoms with Crippen LogP contribution in [-0.2, 0) is 6.42 Å². The summed E-state index contributed by atoms with van der Waals surface area (Å²) in [6.07, 6.45) is 1.21. The quantitative estimate of drug-likeness (QED) is 0.620. The van der Waals surface area contributed by atoms with Gasteiger partial charge in [0.15, 0.2) is 0 Å². The molecule has 0 fully saturated rings. The van der Waals surface area contributed by atoms with Crippen molar-refractivity contribution in [1.82, 2.24) is 0 Å². The summed E-state index contributed by atoms with van der Waals surface area (Å²) in [6.45, 7) is 2.20. The summed E-state index contributed by atoms with van der Waals surface area (Å²) in [7, 11) is 0. The minimum absolute atomic E-state index is 1.21. The van der Waals surface area contributed by atoms with Crippen molar-refractivity contribution in [2.45, 2.75) is 13.3 Å². The van der Waals surface area contributed by atoms with E-state index in [9.17, 15) is 0 Å². The highest BCUT2D eigenvalue weighted by molar-refractivity contribution is 7.99. The summed E-state index contributed by atoms with van der Waals surface area (Å²) in [5, 5.41) is 0. The molecule has 0 aliphatic carbocycles. The first kappa shape index (κ1) is 8.66. The van der Waals surface area contributed by atoms with E-state index >= 15 is 0 Å². The molecular weight excluding hydrogens is 152 g/mol. The molecule has 1 heteroatoms. The van der Waals surface area contributed by atoms with Gasteiger partial charge in [0.2, 0.25) is 0 Å². The monoisotopic (exact) mass is 166 g/mol. The molecule has 0 bridgehead atoms. The number of rotatable bonds is 4. The van der Waals surface area contributed by atoms with Crippen LogP contribution >= 0.6 is 11.8 Å². The second-order valence-corrected chi connectivity index (χ2v) is 3.83. The second kappa shape index (κ2) is 5.25. The molecule has 0 aromatic heterocycles. The number of aryl methyl sites for hydroxylation is 1. The van der Waals surface area contributed by atoms with Gasteiger partial charge >= 0.3 is 0 Å². The molecule has 0 saturated carbocycles. The van der Waals surface area contributed by atoms with Crippen molar-refractivity contribution >= 4 is 11.8 Å². The molecule has 60 valence electrons. The summed E-state index contributed by atoms with van der Waals surface area (Å²) >= 11 is 2.00. The van der Waals surface area contributed by atoms with E-state index in [0.717, 1.165) is 0 Å². The Labute approximate surface area is 73.0 Å². The fourth-order valence-electron chi connectivity index (χ4n) is 0.979. The molecule has 1 rings (SSSR count). The molecule has 11 heavy (non-hydrogen) atoms. The lowest BCUT2D eigenvalue weighted by molar-refractivity contribution is 1.16. The maximum absolute atomic E-state index is 2.20. The molecule has 0 spiro atoms. The van der Waals surface area contributed by atoms with Crippen molar-refractivity contribution in [3.05, 3.63) is 35.9 Å². The fraction of sp³-hybridized carbons (Fsp3) is 0.400. The Morgan fingerprint density at radius 2 is 1.91 bits per heavy atom. The first-order chi connectivity index (χ1) is 5.43. The van der Waals surface area contributed by atoms with E-state index < -0.39 is 0 Å². The Kier molecular flexibility index (Phi) is 4.14. The van der Waals surface area contributed by atoms with Crippen LogP contribution < -0.4 is 0 Å². The SMILES string of the molecule is CCSCCc1ccccc1. The molecule has 0 N–H and O–H groups in total. The smallest absolute Gasteiger partial charge is 0.00271 e. The van der Waals surface area contributed by atoms with Gasteiger partial charge in [0.1, 0.15) is 0 Å². The highest BCUT2D eigenvalue weighted by Gasteiger charge is 1.89. The number of hydrogen-bond acceptors (Lipinski definition) is 1. The van der Waals surface area contributed by atoms with Crippen LogP contribution in [0.3, 0.4) is 0 Å². The lowest BCUT2D eigenvalue weighted by atomic mass is 10.2. The normalized spacial score (nSPS) is 9.91. The average Bonchev–Trinajstić information content (AvgIpc) is 2.07. The molecule has 0 atom stereocenters. The maximum atomic E-state index is 2.20. The molecule has 0 nitrogen and oxygen atoms in total. The van der Waals surface area contributed by atoms with Gasteiger partial charge in [-0.2, -0.15) is 11.8 Å². The van der Waals surface area contributed by atoms with Gasteiger partial charge in [0.05, 0.1) is 0 Å². The third kappa shape index (κ3) is 3.47. The lowest BCUT2D eigenvalue weighted by Crippen LogP contribution is -1.87. The molecule has 0 aliphatic heterocycles. The van der Waals surface area contributed by atoms with E-state index in [0.29, 0.717) is 0 Å². The Bertz CT molecular complexity index is 181. The van der Waals surface area contributed by atoms with Gasteiger partial charge in [0.25, 0.3) is 0 Å². The van der Waals surface area contributed by atoms with E-state index in [1.807, 2.05) is 11.8 Å². The van der Waals surface area contributed by atoms with Crippen LogP contribution in [0.2, 0.25) is 0 Å². The van der Waals surface area contributed by atoms with E-state index in [1.54, 1.807) is 0 Å². The molecular formula is C10H14S. The molecule has 1 aromatic rings. The van der Waals surface area contributed by atoms with Crippen molar-refractivity contribution in [3.63, 3.8) is 0 Å². The Balaban J connectivity index is 2.28. The van der Waals surface area contributed by atoms with E-state index in [1.165, 1.54) is 23.5 Å². The number of thioether (sulfide) groups is 1. The molecule has 0 heterocycles. The summed E-state index contributed by atoms with van der Waals surface area (Å²) in [4.78, 5) is 0. The fourth-order valence-corrected chi connectivity index (χ4v) is 1.65. The zero-order valence-corrected chi connectivity index (χ0v) is 7.73. The van der Waals surface area contributed by atoms with Crippen LogP contribution in [-0.4, -0.2) is 11.5 Å².